The van der Waals surface area contributed by atoms with Crippen LogP contribution in [0.2, 0.25) is 177 Å². The average molecular weight is 1110 g/mol. The largest absolute Gasteiger partial charge is 0.176 e. The third-order valence-corrected chi connectivity index (χ3v) is 43.3. The molecule has 0 aromatic heterocycles. The topological polar surface area (TPSA) is 0 Å². The molecule has 0 amide bonds. The zero-order valence-electron chi connectivity index (χ0n) is 53.6. The Morgan fingerprint density at radius 1 is 0.214 bits per heavy atom. The molecule has 70 heavy (non-hydrogen) atoms. The van der Waals surface area contributed by atoms with Crippen LogP contribution in [0.3, 0.4) is 0 Å². The van der Waals surface area contributed by atoms with Crippen molar-refractivity contribution in [1.29, 1.82) is 0 Å². The van der Waals surface area contributed by atoms with Gasteiger partial charge in [0.1, 0.15) is 0 Å². The number of allylic oxidation sites excluding steroid dienone is 4. The lowest BCUT2D eigenvalue weighted by atomic mass is 10.1. The van der Waals surface area contributed by atoms with E-state index < -0.39 is 80.7 Å². The molecular weight excluding hydrogens is 1000 g/mol. The molecule has 0 radical (unpaired) electrons. The summed E-state index contributed by atoms with van der Waals surface area (Å²) in [6.07, 6.45) is 0. The Labute approximate surface area is 446 Å². The van der Waals surface area contributed by atoms with Crippen LogP contribution in [0.25, 0.3) is 0 Å². The van der Waals surface area contributed by atoms with Crippen molar-refractivity contribution in [2.24, 2.45) is 5.92 Å². The van der Waals surface area contributed by atoms with Gasteiger partial charge in [0.25, 0.3) is 0 Å². The summed E-state index contributed by atoms with van der Waals surface area (Å²) in [7, 11) is -21.8. The van der Waals surface area contributed by atoms with E-state index in [4.69, 9.17) is 0 Å². The summed E-state index contributed by atoms with van der Waals surface area (Å²) in [5.41, 5.74) is 15.1. The van der Waals surface area contributed by atoms with Crippen molar-refractivity contribution < 1.29 is 0 Å². The molecule has 0 heterocycles. The molecule has 10 heteroatoms. The van der Waals surface area contributed by atoms with E-state index >= 15 is 0 Å². The summed E-state index contributed by atoms with van der Waals surface area (Å²) >= 11 is 0. The van der Waals surface area contributed by atoms with Crippen LogP contribution in [-0.4, -0.2) is 80.7 Å². The molecule has 1 aliphatic rings. The summed E-state index contributed by atoms with van der Waals surface area (Å²) in [4.78, 5) is 0. The smallest absolute Gasteiger partial charge is 0.0656 e. The summed E-state index contributed by atoms with van der Waals surface area (Å²) in [6, 6.07) is 0. The van der Waals surface area contributed by atoms with Crippen LogP contribution in [-0.2, 0) is 0 Å². The van der Waals surface area contributed by atoms with E-state index in [2.05, 4.69) is 246 Å². The van der Waals surface area contributed by atoms with Gasteiger partial charge in [0.05, 0.1) is 72.7 Å². The molecule has 392 valence electrons. The zero-order valence-corrected chi connectivity index (χ0v) is 63.6. The maximum Gasteiger partial charge on any atom is 0.176 e. The van der Waals surface area contributed by atoms with Crippen molar-refractivity contribution in [3.63, 3.8) is 0 Å². The molecule has 0 aliphatic heterocycles. The average Bonchev–Trinajstić information content (AvgIpc) is 3.26. The lowest BCUT2D eigenvalue weighted by Gasteiger charge is -2.52. The second kappa shape index (κ2) is 18.8. The van der Waals surface area contributed by atoms with Gasteiger partial charge in [0.2, 0.25) is 0 Å². The molecule has 3 aromatic carbocycles. The standard InChI is InChI=1S/C60H112Si10/c1-38-39(2)41(4)51(40(38)3)70(55-45(8)48(61(11,12)13)42(5)52(64(20,21)22)58(55)67(29,30)31,56-46(9)49(62(14,15)16)43(6)53(65(23,24)25)59(56)68(32,33)34)57-47(10)50(63(17,18)19)44(7)54(66(26,27)28)60(57)69(35,36)37/h40H,1-37H3. The number of rotatable bonds is 13. The molecule has 1 unspecified atom stereocenters. The summed E-state index contributed by atoms with van der Waals surface area (Å²) < 4.78 is 0. The molecule has 0 nitrogen and oxygen atoms in total. The fraction of sp³-hybridized carbons (Fsp3) is 0.633. The monoisotopic (exact) mass is 1110 g/mol. The van der Waals surface area contributed by atoms with E-state index in [9.17, 15) is 0 Å². The molecule has 0 saturated carbocycles. The molecule has 4 rings (SSSR count). The SMILES string of the molecule is CC1=C(C)C(C)C([Si](c2c(C)c([Si](C)(C)C)c(C)c([Si](C)(C)C)c2[Si](C)(C)C)(c2c(C)c([Si](C)(C)C)c(C)c([Si](C)(C)C)c2[Si](C)(C)C)c2c(C)c([Si](C)(C)C)c(C)c([Si](C)(C)C)c2[Si](C)(C)C)=C1C. The summed E-state index contributed by atoms with van der Waals surface area (Å²) in [5, 5.41) is 24.4. The van der Waals surface area contributed by atoms with E-state index in [-0.39, 0.29) is 0 Å². The Morgan fingerprint density at radius 2 is 0.386 bits per heavy atom. The number of hydrogen-bond acceptors (Lipinski definition) is 0. The van der Waals surface area contributed by atoms with E-state index in [0.29, 0.717) is 5.92 Å². The molecule has 1 aliphatic carbocycles. The minimum absolute atomic E-state index is 0.356. The van der Waals surface area contributed by atoms with E-state index in [1.807, 2.05) is 51.9 Å². The van der Waals surface area contributed by atoms with E-state index in [0.717, 1.165) is 0 Å². The van der Waals surface area contributed by atoms with Gasteiger partial charge in [0.15, 0.2) is 8.07 Å². The quantitative estimate of drug-likeness (QED) is 0.118. The maximum absolute atomic E-state index is 3.45. The first-order valence-electron chi connectivity index (χ1n) is 27.7. The molecular formula is C60H112Si10. The highest BCUT2D eigenvalue weighted by atomic mass is 28.4. The van der Waals surface area contributed by atoms with Crippen LogP contribution < -0.4 is 62.2 Å². The second-order valence-corrected chi connectivity index (χ2v) is 80.9. The Hall–Kier alpha value is -0.691. The van der Waals surface area contributed by atoms with Crippen LogP contribution in [0.15, 0.2) is 21.9 Å². The van der Waals surface area contributed by atoms with Gasteiger partial charge in [-0.1, -0.05) is 280 Å². The van der Waals surface area contributed by atoms with Gasteiger partial charge < -0.3 is 0 Å². The summed E-state index contributed by atoms with van der Waals surface area (Å²) in [5.74, 6) is 0.356. The van der Waals surface area contributed by atoms with Gasteiger partial charge in [-0.3, -0.25) is 0 Å². The lowest BCUT2D eigenvalue weighted by Crippen LogP contribution is -2.88. The first-order chi connectivity index (χ1) is 30.7. The van der Waals surface area contributed by atoms with Crippen molar-refractivity contribution in [2.45, 2.75) is 246 Å². The van der Waals surface area contributed by atoms with Crippen LogP contribution in [0.1, 0.15) is 61.1 Å². The fourth-order valence-corrected chi connectivity index (χ4v) is 54.9. The number of hydrogen-bond donors (Lipinski definition) is 0. The van der Waals surface area contributed by atoms with Gasteiger partial charge in [-0.05, 0) is 89.4 Å². The van der Waals surface area contributed by atoms with Crippen LogP contribution in [0.4, 0.5) is 0 Å². The predicted molar refractivity (Wildman–Crippen MR) is 359 cm³/mol. The third kappa shape index (κ3) is 10.3. The van der Waals surface area contributed by atoms with Crippen molar-refractivity contribution in [2.75, 3.05) is 0 Å². The Bertz CT molecular complexity index is 2420. The zero-order chi connectivity index (χ0) is 55.3. The molecule has 3 aromatic rings. The molecule has 0 fully saturated rings. The van der Waals surface area contributed by atoms with Crippen LogP contribution in [0, 0.1) is 47.5 Å². The van der Waals surface area contributed by atoms with E-state index in [1.54, 1.807) is 65.7 Å². The lowest BCUT2D eigenvalue weighted by molar-refractivity contribution is 0.851. The molecule has 0 bridgehead atoms. The highest BCUT2D eigenvalue weighted by Crippen LogP contribution is 2.43. The first-order valence-corrected chi connectivity index (χ1v) is 61.2. The highest BCUT2D eigenvalue weighted by Gasteiger charge is 2.59. The highest BCUT2D eigenvalue weighted by molar-refractivity contribution is 7.25. The maximum atomic E-state index is 2.79. The third-order valence-electron chi connectivity index (χ3n) is 16.9. The van der Waals surface area contributed by atoms with Crippen molar-refractivity contribution in [1.82, 2.24) is 0 Å². The minimum atomic E-state index is -3.45. The van der Waals surface area contributed by atoms with Gasteiger partial charge in [-0.2, -0.15) is 0 Å². The second-order valence-electron chi connectivity index (χ2n) is 32.3. The van der Waals surface area contributed by atoms with Crippen molar-refractivity contribution in [3.8, 4) is 0 Å². The first kappa shape index (κ1) is 61.9. The molecule has 0 N–H and O–H groups in total. The predicted octanol–water partition coefficient (Wildman–Crippen LogP) is 11.8. The Balaban J connectivity index is 3.18. The Morgan fingerprint density at radius 3 is 0.529 bits per heavy atom. The molecule has 0 spiro atoms. The molecule has 0 saturated heterocycles. The minimum Gasteiger partial charge on any atom is -0.0656 e. The Kier molecular flexibility index (Phi) is 16.6. The summed E-state index contributed by atoms with van der Waals surface area (Å²) in [6.45, 7) is 101. The normalized spacial score (nSPS) is 16.7. The molecule has 1 atom stereocenters. The van der Waals surface area contributed by atoms with Crippen LogP contribution in [0.5, 0.6) is 0 Å². The van der Waals surface area contributed by atoms with Gasteiger partial charge in [-0.25, -0.2) is 0 Å². The van der Waals surface area contributed by atoms with E-state index in [1.165, 1.54) is 0 Å². The van der Waals surface area contributed by atoms with Crippen molar-refractivity contribution in [3.05, 3.63) is 55.3 Å². The van der Waals surface area contributed by atoms with Crippen molar-refractivity contribution >= 4 is 143 Å². The van der Waals surface area contributed by atoms with Gasteiger partial charge in [-0.15, -0.1) is 0 Å². The van der Waals surface area contributed by atoms with Crippen LogP contribution >= 0.6 is 0 Å². The fourth-order valence-electron chi connectivity index (χ4n) is 15.7. The van der Waals surface area contributed by atoms with Gasteiger partial charge >= 0.3 is 0 Å². The number of benzene rings is 3. The van der Waals surface area contributed by atoms with Gasteiger partial charge in [0, 0.05) is 0 Å².